The maximum Gasteiger partial charge on any atom is 0.311 e. The van der Waals surface area contributed by atoms with Gasteiger partial charge >= 0.3 is 23.8 Å². The van der Waals surface area contributed by atoms with Crippen molar-refractivity contribution in [2.24, 2.45) is 62.4 Å². The van der Waals surface area contributed by atoms with E-state index < -0.39 is 29.2 Å². The van der Waals surface area contributed by atoms with E-state index in [-0.39, 0.29) is 45.9 Å². The zero-order valence-electron chi connectivity index (χ0n) is 34.0. The molecular formula is C45H64N2O7. The summed E-state index contributed by atoms with van der Waals surface area (Å²) in [6.45, 7) is 17.6. The fourth-order valence-corrected chi connectivity index (χ4v) is 13.1. The van der Waals surface area contributed by atoms with E-state index in [1.807, 2.05) is 30.3 Å². The Kier molecular flexibility index (Phi) is 10.6. The molecule has 5 aliphatic rings. The van der Waals surface area contributed by atoms with Crippen LogP contribution in [0.4, 0.5) is 0 Å². The van der Waals surface area contributed by atoms with E-state index in [0.29, 0.717) is 49.6 Å². The molecule has 3 N–H and O–H groups in total. The summed E-state index contributed by atoms with van der Waals surface area (Å²) in [5, 5.41) is 9.60. The average Bonchev–Trinajstić information content (AvgIpc) is 3.40. The summed E-state index contributed by atoms with van der Waals surface area (Å²) in [6, 6.07) is 9.67. The van der Waals surface area contributed by atoms with E-state index >= 15 is 0 Å². The zero-order valence-corrected chi connectivity index (χ0v) is 34.0. The topological polar surface area (TPSA) is 144 Å². The molecule has 0 saturated heterocycles. The van der Waals surface area contributed by atoms with Gasteiger partial charge in [-0.2, -0.15) is 0 Å². The lowest BCUT2D eigenvalue weighted by Gasteiger charge is -2.69. The van der Waals surface area contributed by atoms with Gasteiger partial charge in [0, 0.05) is 30.3 Å². The van der Waals surface area contributed by atoms with Gasteiger partial charge in [0.1, 0.15) is 6.10 Å². The van der Waals surface area contributed by atoms with Crippen molar-refractivity contribution in [2.45, 2.75) is 139 Å². The third kappa shape index (κ3) is 6.73. The molecule has 0 heterocycles. The number of allylic oxidation sites excluding steroid dienone is 2. The SMILES string of the molecule is CC(C)C1=C2C3CCC4C(C)(CCC5C(C)(C)C(OC(=O)CC(C)(C)C(=O)O)CCC54C)C3CCC2(CCN(Cc2ccccc2)C(=O)C(N)=O)CC1=O. The molecule has 1 aromatic carbocycles. The number of ketones is 1. The van der Waals surface area contributed by atoms with Gasteiger partial charge in [0.15, 0.2) is 5.78 Å². The molecule has 6 rings (SSSR count). The van der Waals surface area contributed by atoms with Gasteiger partial charge in [-0.15, -0.1) is 0 Å². The van der Waals surface area contributed by atoms with Gasteiger partial charge in [0.25, 0.3) is 0 Å². The summed E-state index contributed by atoms with van der Waals surface area (Å²) >= 11 is 0. The molecular weight excluding hydrogens is 681 g/mol. The zero-order chi connectivity index (χ0) is 39.6. The number of hydrogen-bond acceptors (Lipinski definition) is 6. The predicted octanol–water partition coefficient (Wildman–Crippen LogP) is 7.89. The first-order valence-electron chi connectivity index (χ1n) is 20.5. The molecule has 0 spiro atoms. The predicted molar refractivity (Wildman–Crippen MR) is 206 cm³/mol. The highest BCUT2D eigenvalue weighted by Crippen LogP contribution is 2.73. The number of nitrogens with zero attached hydrogens (tertiary/aromatic N) is 1. The number of ether oxygens (including phenoxy) is 1. The lowest BCUT2D eigenvalue weighted by Crippen LogP contribution is -2.63. The van der Waals surface area contributed by atoms with Crippen LogP contribution in [0.1, 0.15) is 132 Å². The number of nitrogens with two attached hydrogens (primary N) is 1. The van der Waals surface area contributed by atoms with E-state index in [1.54, 1.807) is 18.7 Å². The Bertz CT molecular complexity index is 1710. The number of carbonyl (C=O) groups is 5. The third-order valence-corrected chi connectivity index (χ3v) is 15.7. The fraction of sp³-hybridized carbons (Fsp3) is 0.711. The number of amides is 2. The molecule has 5 aliphatic carbocycles. The maximum atomic E-state index is 14.1. The van der Waals surface area contributed by atoms with Crippen LogP contribution in [-0.4, -0.2) is 52.2 Å². The van der Waals surface area contributed by atoms with Crippen molar-refractivity contribution in [1.82, 2.24) is 4.90 Å². The minimum Gasteiger partial charge on any atom is -0.481 e. The van der Waals surface area contributed by atoms with Gasteiger partial charge in [-0.1, -0.05) is 77.4 Å². The quantitative estimate of drug-likeness (QED) is 0.183. The Labute approximate surface area is 322 Å². The average molecular weight is 745 g/mol. The van der Waals surface area contributed by atoms with Crippen molar-refractivity contribution in [3.05, 3.63) is 47.0 Å². The first-order chi connectivity index (χ1) is 25.2. The van der Waals surface area contributed by atoms with Gasteiger partial charge in [-0.3, -0.25) is 24.0 Å². The molecule has 0 radical (unpaired) electrons. The molecule has 1 aromatic rings. The van der Waals surface area contributed by atoms with E-state index in [1.165, 1.54) is 5.57 Å². The number of aliphatic carboxylic acids is 1. The number of hydrogen-bond donors (Lipinski definition) is 2. The number of carboxylic acids is 1. The molecule has 4 saturated carbocycles. The summed E-state index contributed by atoms with van der Waals surface area (Å²) in [4.78, 5) is 65.8. The molecule has 2 amide bonds. The van der Waals surface area contributed by atoms with Crippen LogP contribution in [0.3, 0.4) is 0 Å². The van der Waals surface area contributed by atoms with Crippen LogP contribution in [0.5, 0.6) is 0 Å². The van der Waals surface area contributed by atoms with E-state index in [9.17, 15) is 29.1 Å². The molecule has 9 nitrogen and oxygen atoms in total. The number of rotatable bonds is 10. The molecule has 296 valence electrons. The lowest BCUT2D eigenvalue weighted by atomic mass is 9.36. The maximum absolute atomic E-state index is 14.1. The van der Waals surface area contributed by atoms with E-state index in [0.717, 1.165) is 62.5 Å². The molecule has 8 atom stereocenters. The van der Waals surface area contributed by atoms with Crippen LogP contribution in [-0.2, 0) is 35.3 Å². The molecule has 0 aromatic heterocycles. The molecule has 9 heteroatoms. The second kappa shape index (κ2) is 14.2. The Hall–Kier alpha value is -3.49. The first kappa shape index (κ1) is 40.2. The lowest BCUT2D eigenvalue weighted by molar-refractivity contribution is -0.214. The second-order valence-corrected chi connectivity index (χ2v) is 19.9. The minimum absolute atomic E-state index is 0.0626. The van der Waals surface area contributed by atoms with Crippen LogP contribution < -0.4 is 5.73 Å². The van der Waals surface area contributed by atoms with Crippen molar-refractivity contribution in [3.63, 3.8) is 0 Å². The molecule has 4 fully saturated rings. The van der Waals surface area contributed by atoms with Crippen LogP contribution in [0.2, 0.25) is 0 Å². The van der Waals surface area contributed by atoms with Crippen LogP contribution in [0.25, 0.3) is 0 Å². The smallest absolute Gasteiger partial charge is 0.311 e. The van der Waals surface area contributed by atoms with Crippen molar-refractivity contribution in [1.29, 1.82) is 0 Å². The van der Waals surface area contributed by atoms with Gasteiger partial charge in [0.05, 0.1) is 11.8 Å². The highest BCUT2D eigenvalue weighted by Gasteiger charge is 2.66. The largest absolute Gasteiger partial charge is 0.481 e. The number of esters is 1. The highest BCUT2D eigenvalue weighted by atomic mass is 16.5. The van der Waals surface area contributed by atoms with Crippen molar-refractivity contribution in [2.75, 3.05) is 6.54 Å². The van der Waals surface area contributed by atoms with Crippen LogP contribution in [0.15, 0.2) is 41.5 Å². The number of benzene rings is 1. The molecule has 8 unspecified atom stereocenters. The Morgan fingerprint density at radius 1 is 0.926 bits per heavy atom. The Balaban J connectivity index is 1.25. The fourth-order valence-electron chi connectivity index (χ4n) is 13.1. The van der Waals surface area contributed by atoms with Gasteiger partial charge in [0.2, 0.25) is 0 Å². The standard InChI is InChI=1S/C45H64N2O7/c1-27(2)36-31(48)24-45(22-23-47(39(51)38(46)50)26-28-12-10-9-11-13-28)21-16-30-29(37(36)45)14-15-33-43(30,7)19-17-32-42(5,6)34(18-20-44(32,33)8)54-35(49)25-41(3,4)40(52)53/h9-13,27,29-30,32-34H,14-26H2,1-8H3,(H2,46,50)(H,52,53). The molecule has 0 bridgehead atoms. The van der Waals surface area contributed by atoms with Gasteiger partial charge in [-0.05, 0) is 123 Å². The summed E-state index contributed by atoms with van der Waals surface area (Å²) in [5.74, 6) is -1.11. The summed E-state index contributed by atoms with van der Waals surface area (Å²) in [5.41, 5.74) is 7.25. The van der Waals surface area contributed by atoms with Crippen LogP contribution in [0, 0.1) is 56.7 Å². The van der Waals surface area contributed by atoms with Gasteiger partial charge < -0.3 is 20.5 Å². The summed E-state index contributed by atoms with van der Waals surface area (Å²) in [7, 11) is 0. The number of carbonyl (C=O) groups excluding carboxylic acids is 4. The molecule has 54 heavy (non-hydrogen) atoms. The Morgan fingerprint density at radius 3 is 2.22 bits per heavy atom. The molecule has 0 aliphatic heterocycles. The minimum atomic E-state index is -1.18. The normalized spacial score (nSPS) is 34.3. The summed E-state index contributed by atoms with van der Waals surface area (Å²) in [6.07, 6.45) is 8.61. The van der Waals surface area contributed by atoms with Crippen molar-refractivity contribution >= 4 is 29.5 Å². The first-order valence-corrected chi connectivity index (χ1v) is 20.5. The third-order valence-electron chi connectivity index (χ3n) is 15.7. The number of primary amides is 1. The second-order valence-electron chi connectivity index (χ2n) is 19.9. The van der Waals surface area contributed by atoms with Gasteiger partial charge in [-0.25, -0.2) is 0 Å². The number of fused-ring (bicyclic) bond motifs is 7. The highest BCUT2D eigenvalue weighted by molar-refractivity contribution is 6.34. The van der Waals surface area contributed by atoms with E-state index in [2.05, 4.69) is 41.5 Å². The monoisotopic (exact) mass is 744 g/mol. The van der Waals surface area contributed by atoms with Crippen molar-refractivity contribution < 1.29 is 33.8 Å². The summed E-state index contributed by atoms with van der Waals surface area (Å²) < 4.78 is 6.15. The number of carboxylic acid groups (broad SMARTS) is 1. The van der Waals surface area contributed by atoms with Crippen LogP contribution >= 0.6 is 0 Å². The van der Waals surface area contributed by atoms with E-state index in [4.69, 9.17) is 10.5 Å². The Morgan fingerprint density at radius 2 is 1.59 bits per heavy atom. The number of Topliss-reactive ketones (excluding diaryl/α,β-unsaturated/α-hetero) is 1. The van der Waals surface area contributed by atoms with Crippen molar-refractivity contribution in [3.8, 4) is 0 Å².